The maximum absolute atomic E-state index is 6.12. The molecule has 2 aromatic rings. The minimum atomic E-state index is 0.302. The van der Waals surface area contributed by atoms with Crippen LogP contribution in [0.5, 0.6) is 5.75 Å². The molecule has 2 rings (SSSR count). The molecule has 1 heterocycles. The number of nitrogen functional groups attached to an aromatic ring is 1. The maximum atomic E-state index is 6.12. The van der Waals surface area contributed by atoms with Crippen molar-refractivity contribution in [1.82, 2.24) is 9.97 Å². The van der Waals surface area contributed by atoms with Gasteiger partial charge in [-0.25, -0.2) is 9.97 Å². The van der Waals surface area contributed by atoms with Crippen molar-refractivity contribution < 1.29 is 4.74 Å². The third-order valence-corrected chi connectivity index (χ3v) is 3.23. The lowest BCUT2D eigenvalue weighted by molar-refractivity contribution is 0.415. The fourth-order valence-electron chi connectivity index (χ4n) is 1.76. The predicted molar refractivity (Wildman–Crippen MR) is 86.1 cm³/mol. The van der Waals surface area contributed by atoms with Crippen LogP contribution in [0.15, 0.2) is 30.6 Å². The molecule has 6 nitrogen and oxygen atoms in total. The molecule has 1 unspecified atom stereocenters. The number of aromatic nitrogens is 2. The highest BCUT2D eigenvalue weighted by Crippen LogP contribution is 2.27. The van der Waals surface area contributed by atoms with Crippen LogP contribution in [0.3, 0.4) is 0 Å². The molecule has 0 radical (unpaired) electrons. The van der Waals surface area contributed by atoms with Gasteiger partial charge in [-0.05, 0) is 37.6 Å². The molecule has 0 aliphatic rings. The number of hydrogen-bond acceptors (Lipinski definition) is 6. The third kappa shape index (κ3) is 3.75. The minimum absolute atomic E-state index is 0.302. The van der Waals surface area contributed by atoms with E-state index in [1.54, 1.807) is 7.11 Å². The molecule has 1 aromatic carbocycles. The smallest absolute Gasteiger partial charge is 0.159 e. The monoisotopic (exact) mass is 287 g/mol. The average Bonchev–Trinajstić information content (AvgIpc) is 2.52. The van der Waals surface area contributed by atoms with Crippen LogP contribution in [0, 0.1) is 0 Å². The summed E-state index contributed by atoms with van der Waals surface area (Å²) in [6.45, 7) is 4.18. The Kier molecular flexibility index (Phi) is 4.81. The second kappa shape index (κ2) is 6.78. The van der Waals surface area contributed by atoms with Gasteiger partial charge in [-0.1, -0.05) is 6.92 Å². The fraction of sp³-hybridized carbons (Fsp3) is 0.333. The van der Waals surface area contributed by atoms with E-state index in [1.807, 2.05) is 24.3 Å². The minimum Gasteiger partial charge on any atom is -0.497 e. The second-order valence-electron chi connectivity index (χ2n) is 4.79. The number of anilines is 4. The SMILES string of the molecule is CCC(C)Nc1ncnc(Nc2ccc(OC)cc2)c1N. The summed E-state index contributed by atoms with van der Waals surface area (Å²) in [6, 6.07) is 7.86. The molecule has 0 aliphatic carbocycles. The molecule has 0 saturated carbocycles. The van der Waals surface area contributed by atoms with Gasteiger partial charge in [-0.3, -0.25) is 0 Å². The Hall–Kier alpha value is -2.50. The zero-order valence-corrected chi connectivity index (χ0v) is 12.6. The van der Waals surface area contributed by atoms with Crippen molar-refractivity contribution in [2.24, 2.45) is 0 Å². The number of benzene rings is 1. The predicted octanol–water partition coefficient (Wildman–Crippen LogP) is 3.02. The quantitative estimate of drug-likeness (QED) is 0.757. The number of nitrogens with two attached hydrogens (primary N) is 1. The molecule has 0 spiro atoms. The van der Waals surface area contributed by atoms with Crippen LogP contribution in [0.4, 0.5) is 23.0 Å². The average molecular weight is 287 g/mol. The zero-order valence-electron chi connectivity index (χ0n) is 12.6. The van der Waals surface area contributed by atoms with Crippen LogP contribution in [-0.4, -0.2) is 23.1 Å². The summed E-state index contributed by atoms with van der Waals surface area (Å²) in [7, 11) is 1.64. The van der Waals surface area contributed by atoms with E-state index in [-0.39, 0.29) is 0 Å². The lowest BCUT2D eigenvalue weighted by Crippen LogP contribution is -2.16. The fourth-order valence-corrected chi connectivity index (χ4v) is 1.76. The normalized spacial score (nSPS) is 11.8. The van der Waals surface area contributed by atoms with Gasteiger partial charge in [0.2, 0.25) is 0 Å². The van der Waals surface area contributed by atoms with Gasteiger partial charge in [0, 0.05) is 11.7 Å². The van der Waals surface area contributed by atoms with Crippen molar-refractivity contribution in [3.8, 4) is 5.75 Å². The van der Waals surface area contributed by atoms with E-state index in [1.165, 1.54) is 6.33 Å². The van der Waals surface area contributed by atoms with Gasteiger partial charge in [0.05, 0.1) is 7.11 Å². The number of rotatable bonds is 6. The van der Waals surface area contributed by atoms with Crippen molar-refractivity contribution >= 4 is 23.0 Å². The molecule has 0 fully saturated rings. The highest BCUT2D eigenvalue weighted by molar-refractivity contribution is 5.77. The van der Waals surface area contributed by atoms with E-state index < -0.39 is 0 Å². The zero-order chi connectivity index (χ0) is 15.2. The summed E-state index contributed by atoms with van der Waals surface area (Å²) in [5.41, 5.74) is 7.51. The van der Waals surface area contributed by atoms with Crippen LogP contribution in [0.1, 0.15) is 20.3 Å². The van der Waals surface area contributed by atoms with E-state index in [9.17, 15) is 0 Å². The topological polar surface area (TPSA) is 85.1 Å². The van der Waals surface area contributed by atoms with Gasteiger partial charge >= 0.3 is 0 Å². The molecule has 1 atom stereocenters. The lowest BCUT2D eigenvalue weighted by Gasteiger charge is -2.16. The standard InChI is InChI=1S/C15H21N5O/c1-4-10(2)19-14-13(16)15(18-9-17-14)20-11-5-7-12(21-3)8-6-11/h5-10H,4,16H2,1-3H3,(H2,17,18,19,20). The number of methoxy groups -OCH3 is 1. The van der Waals surface area contributed by atoms with E-state index in [4.69, 9.17) is 10.5 Å². The Morgan fingerprint density at radius 2 is 1.86 bits per heavy atom. The van der Waals surface area contributed by atoms with E-state index in [2.05, 4.69) is 34.4 Å². The number of ether oxygens (including phenoxy) is 1. The second-order valence-corrected chi connectivity index (χ2v) is 4.79. The Morgan fingerprint density at radius 1 is 1.19 bits per heavy atom. The molecule has 0 saturated heterocycles. The lowest BCUT2D eigenvalue weighted by atomic mass is 10.2. The van der Waals surface area contributed by atoms with Gasteiger partial charge in [-0.15, -0.1) is 0 Å². The molecule has 6 heteroatoms. The van der Waals surface area contributed by atoms with Crippen LogP contribution >= 0.6 is 0 Å². The number of hydrogen-bond donors (Lipinski definition) is 3. The molecular formula is C15H21N5O. The van der Waals surface area contributed by atoms with Crippen molar-refractivity contribution in [2.75, 3.05) is 23.5 Å². The molecule has 21 heavy (non-hydrogen) atoms. The molecule has 0 amide bonds. The highest BCUT2D eigenvalue weighted by Gasteiger charge is 2.10. The first-order chi connectivity index (χ1) is 10.1. The summed E-state index contributed by atoms with van der Waals surface area (Å²) in [4.78, 5) is 8.38. The van der Waals surface area contributed by atoms with Crippen LogP contribution in [0.2, 0.25) is 0 Å². The molecule has 4 N–H and O–H groups in total. The van der Waals surface area contributed by atoms with Gasteiger partial charge in [-0.2, -0.15) is 0 Å². The Morgan fingerprint density at radius 3 is 2.48 bits per heavy atom. The summed E-state index contributed by atoms with van der Waals surface area (Å²) in [5, 5.41) is 6.45. The van der Waals surface area contributed by atoms with Gasteiger partial charge in [0.1, 0.15) is 17.8 Å². The summed E-state index contributed by atoms with van der Waals surface area (Å²) >= 11 is 0. The Bertz CT molecular complexity index is 585. The highest BCUT2D eigenvalue weighted by atomic mass is 16.5. The van der Waals surface area contributed by atoms with Gasteiger partial charge < -0.3 is 21.1 Å². The number of nitrogens with zero attached hydrogens (tertiary/aromatic N) is 2. The van der Waals surface area contributed by atoms with E-state index >= 15 is 0 Å². The first-order valence-corrected chi connectivity index (χ1v) is 6.92. The first kappa shape index (κ1) is 14.9. The summed E-state index contributed by atoms with van der Waals surface area (Å²) < 4.78 is 5.13. The first-order valence-electron chi connectivity index (χ1n) is 6.92. The summed E-state index contributed by atoms with van der Waals surface area (Å²) in [5.74, 6) is 2.03. The van der Waals surface area contributed by atoms with Crippen LogP contribution in [-0.2, 0) is 0 Å². The molecule has 0 aliphatic heterocycles. The van der Waals surface area contributed by atoms with Gasteiger partial charge in [0.15, 0.2) is 11.6 Å². The van der Waals surface area contributed by atoms with Crippen molar-refractivity contribution in [3.05, 3.63) is 30.6 Å². The third-order valence-electron chi connectivity index (χ3n) is 3.23. The van der Waals surface area contributed by atoms with E-state index in [0.717, 1.165) is 17.9 Å². The van der Waals surface area contributed by atoms with Crippen molar-refractivity contribution in [3.63, 3.8) is 0 Å². The molecule has 1 aromatic heterocycles. The van der Waals surface area contributed by atoms with Crippen molar-refractivity contribution in [1.29, 1.82) is 0 Å². The summed E-state index contributed by atoms with van der Waals surface area (Å²) in [6.07, 6.45) is 2.48. The largest absolute Gasteiger partial charge is 0.497 e. The Balaban J connectivity index is 2.17. The van der Waals surface area contributed by atoms with E-state index in [0.29, 0.717) is 23.4 Å². The molecule has 0 bridgehead atoms. The van der Waals surface area contributed by atoms with Gasteiger partial charge in [0.25, 0.3) is 0 Å². The van der Waals surface area contributed by atoms with Crippen molar-refractivity contribution in [2.45, 2.75) is 26.3 Å². The molecule has 112 valence electrons. The molecular weight excluding hydrogens is 266 g/mol. The maximum Gasteiger partial charge on any atom is 0.159 e. The number of nitrogens with one attached hydrogen (secondary N) is 2. The van der Waals surface area contributed by atoms with Crippen LogP contribution < -0.4 is 21.1 Å². The Labute approximate surface area is 124 Å². The van der Waals surface area contributed by atoms with Crippen LogP contribution in [0.25, 0.3) is 0 Å².